The molecule has 1 amide bonds. The summed E-state index contributed by atoms with van der Waals surface area (Å²) in [7, 11) is 0. The number of carbonyl (C=O) groups excluding carboxylic acids is 1. The number of hydrogen-bond donors (Lipinski definition) is 1. The molecule has 0 saturated heterocycles. The molecule has 1 unspecified atom stereocenters. The van der Waals surface area contributed by atoms with Gasteiger partial charge < -0.3 is 5.73 Å². The van der Waals surface area contributed by atoms with Crippen molar-refractivity contribution in [3.63, 3.8) is 0 Å². The zero-order valence-electron chi connectivity index (χ0n) is 17.2. The van der Waals surface area contributed by atoms with E-state index in [2.05, 4.69) is 9.97 Å². The van der Waals surface area contributed by atoms with Gasteiger partial charge in [0.2, 0.25) is 5.91 Å². The Labute approximate surface area is 200 Å². The maximum Gasteiger partial charge on any atom is 0.240 e. The van der Waals surface area contributed by atoms with Gasteiger partial charge in [0.1, 0.15) is 17.5 Å². The van der Waals surface area contributed by atoms with Crippen molar-refractivity contribution in [1.29, 1.82) is 0 Å². The first-order valence-electron chi connectivity index (χ1n) is 10.2. The summed E-state index contributed by atoms with van der Waals surface area (Å²) in [6, 6.07) is 16.3. The lowest BCUT2D eigenvalue weighted by molar-refractivity contribution is -0.118. The van der Waals surface area contributed by atoms with E-state index < -0.39 is 17.6 Å². The van der Waals surface area contributed by atoms with Crippen LogP contribution in [0.1, 0.15) is 24.5 Å². The van der Waals surface area contributed by atoms with Gasteiger partial charge >= 0.3 is 0 Å². The Kier molecular flexibility index (Phi) is 6.30. The minimum atomic E-state index is -0.690. The Balaban J connectivity index is 0.00000274. The molecule has 1 atom stereocenters. The van der Waals surface area contributed by atoms with Crippen LogP contribution in [0, 0.1) is 11.6 Å². The Hall–Kier alpha value is -3.84. The molecule has 172 valence electrons. The highest BCUT2D eigenvalue weighted by molar-refractivity contribution is 6.30. The van der Waals surface area contributed by atoms with Gasteiger partial charge in [-0.25, -0.2) is 18.7 Å². The fourth-order valence-corrected chi connectivity index (χ4v) is 4.33. The largest absolute Gasteiger partial charge is 0.382 e. The third kappa shape index (κ3) is 4.34. The van der Waals surface area contributed by atoms with Crippen LogP contribution >= 0.6 is 11.6 Å². The number of nitrogens with two attached hydrogens (primary N) is 1. The topological polar surface area (TPSA) is 72.1 Å². The van der Waals surface area contributed by atoms with Gasteiger partial charge in [-0.1, -0.05) is 37.2 Å². The summed E-state index contributed by atoms with van der Waals surface area (Å²) in [6.45, 7) is 0. The van der Waals surface area contributed by atoms with Crippen LogP contribution in [0.4, 0.5) is 26.1 Å². The number of benzene rings is 3. The Morgan fingerprint density at radius 3 is 2.35 bits per heavy atom. The summed E-state index contributed by atoms with van der Waals surface area (Å²) in [6.07, 6.45) is 2.92. The van der Waals surface area contributed by atoms with Crippen LogP contribution in [0.5, 0.6) is 0 Å². The van der Waals surface area contributed by atoms with E-state index in [1.54, 1.807) is 6.07 Å². The van der Waals surface area contributed by atoms with E-state index >= 15 is 0 Å². The molecular formula is C26H21ClF2N4O. The summed E-state index contributed by atoms with van der Waals surface area (Å²) < 4.78 is 27.6. The van der Waals surface area contributed by atoms with Crippen molar-refractivity contribution in [3.8, 4) is 11.1 Å². The van der Waals surface area contributed by atoms with Crippen LogP contribution in [0.15, 0.2) is 73.1 Å². The van der Waals surface area contributed by atoms with Gasteiger partial charge in [-0.15, -0.1) is 0 Å². The maximum absolute atomic E-state index is 13.8. The molecule has 5 rings (SSSR count). The van der Waals surface area contributed by atoms with Gasteiger partial charge in [0, 0.05) is 11.1 Å². The molecule has 34 heavy (non-hydrogen) atoms. The van der Waals surface area contributed by atoms with Gasteiger partial charge in [-0.2, -0.15) is 0 Å². The van der Waals surface area contributed by atoms with Crippen molar-refractivity contribution in [2.24, 2.45) is 0 Å². The number of aromatic nitrogens is 2. The molecule has 1 aliphatic heterocycles. The summed E-state index contributed by atoms with van der Waals surface area (Å²) >= 11 is 6.16. The highest BCUT2D eigenvalue weighted by atomic mass is 35.5. The summed E-state index contributed by atoms with van der Waals surface area (Å²) in [5.74, 6) is -1.77. The quantitative estimate of drug-likeness (QED) is 0.373. The van der Waals surface area contributed by atoms with Crippen molar-refractivity contribution in [3.05, 3.63) is 101 Å². The summed E-state index contributed by atoms with van der Waals surface area (Å²) in [4.78, 5) is 23.3. The highest BCUT2D eigenvalue weighted by Crippen LogP contribution is 2.44. The van der Waals surface area contributed by atoms with Gasteiger partial charge in [0.05, 0.1) is 24.0 Å². The molecule has 1 aliphatic rings. The highest BCUT2D eigenvalue weighted by Gasteiger charge is 2.39. The van der Waals surface area contributed by atoms with Crippen LogP contribution in [0.3, 0.4) is 0 Å². The molecule has 2 N–H and O–H groups in total. The molecule has 0 radical (unpaired) electrons. The molecule has 0 spiro atoms. The number of fused-ring (bicyclic) bond motifs is 1. The average Bonchev–Trinajstić information content (AvgIpc) is 3.04. The normalized spacial score (nSPS) is 14.6. The lowest BCUT2D eigenvalue weighted by Gasteiger charge is -2.17. The second-order valence-electron chi connectivity index (χ2n) is 7.79. The van der Waals surface area contributed by atoms with Crippen LogP contribution in [0.2, 0.25) is 5.02 Å². The molecule has 2 heterocycles. The first-order valence-corrected chi connectivity index (χ1v) is 10.5. The third-order valence-corrected chi connectivity index (χ3v) is 5.80. The Bertz CT molecular complexity index is 1360. The molecule has 0 bridgehead atoms. The Morgan fingerprint density at radius 1 is 0.941 bits per heavy atom. The van der Waals surface area contributed by atoms with Gasteiger partial charge in [0.15, 0.2) is 5.82 Å². The molecule has 0 aliphatic carbocycles. The minimum Gasteiger partial charge on any atom is -0.382 e. The van der Waals surface area contributed by atoms with E-state index in [4.69, 9.17) is 17.3 Å². The predicted molar refractivity (Wildman–Crippen MR) is 130 cm³/mol. The molecule has 0 saturated carbocycles. The molecule has 1 aromatic heterocycles. The summed E-state index contributed by atoms with van der Waals surface area (Å²) in [5.41, 5.74) is 9.14. The van der Waals surface area contributed by atoms with E-state index in [1.807, 2.05) is 36.4 Å². The number of anilines is 3. The first-order chi connectivity index (χ1) is 15.9. The summed E-state index contributed by atoms with van der Waals surface area (Å²) in [5, 5.41) is 0.592. The minimum absolute atomic E-state index is 0. The van der Waals surface area contributed by atoms with Crippen molar-refractivity contribution in [2.45, 2.75) is 19.8 Å². The Morgan fingerprint density at radius 2 is 1.68 bits per heavy atom. The fraction of sp³-hybridized carbons (Fsp3) is 0.115. The molecule has 5 nitrogen and oxygen atoms in total. The lowest BCUT2D eigenvalue weighted by Crippen LogP contribution is -2.25. The monoisotopic (exact) mass is 478 g/mol. The second-order valence-corrected chi connectivity index (χ2v) is 8.23. The van der Waals surface area contributed by atoms with Gasteiger partial charge in [-0.3, -0.25) is 9.69 Å². The number of nitrogens with zero attached hydrogens (tertiary/aromatic N) is 3. The number of rotatable bonds is 4. The zero-order chi connectivity index (χ0) is 23.1. The number of halogens is 3. The standard InChI is InChI=1S/C25H17ClF2N4O.CH4/c26-17-3-1-2-15(9-17)16-4-5-22-20(10-16)21(8-14-6-18(27)11-19(28)7-14)25(33)32(22)24-13-30-23(29)12-31-24;/h1-7,9-13,21H,8H2,(H2,29,30);1H4. The first kappa shape index (κ1) is 23.3. The molecule has 4 aromatic rings. The van der Waals surface area contributed by atoms with Gasteiger partial charge in [0.25, 0.3) is 0 Å². The third-order valence-electron chi connectivity index (χ3n) is 5.57. The SMILES string of the molecule is C.Nc1cnc(N2C(=O)C(Cc3cc(F)cc(F)c3)c3cc(-c4cccc(Cl)c4)ccc32)cn1. The number of nitrogen functional groups attached to an aromatic ring is 1. The fourth-order valence-electron chi connectivity index (χ4n) is 4.14. The molecule has 8 heteroatoms. The maximum atomic E-state index is 13.8. The smallest absolute Gasteiger partial charge is 0.240 e. The van der Waals surface area contributed by atoms with Crippen molar-refractivity contribution < 1.29 is 13.6 Å². The van der Waals surface area contributed by atoms with E-state index in [-0.39, 0.29) is 25.6 Å². The van der Waals surface area contributed by atoms with E-state index in [0.29, 0.717) is 22.1 Å². The van der Waals surface area contributed by atoms with Crippen LogP contribution in [-0.2, 0) is 11.2 Å². The zero-order valence-corrected chi connectivity index (χ0v) is 17.9. The van der Waals surface area contributed by atoms with Crippen LogP contribution in [0.25, 0.3) is 11.1 Å². The molecule has 3 aromatic carbocycles. The van der Waals surface area contributed by atoms with E-state index in [9.17, 15) is 13.6 Å². The van der Waals surface area contributed by atoms with Crippen molar-refractivity contribution >= 4 is 34.8 Å². The van der Waals surface area contributed by atoms with Crippen LogP contribution < -0.4 is 10.6 Å². The van der Waals surface area contributed by atoms with Gasteiger partial charge in [-0.05, 0) is 65.1 Å². The van der Waals surface area contributed by atoms with E-state index in [0.717, 1.165) is 22.8 Å². The lowest BCUT2D eigenvalue weighted by atomic mass is 9.91. The van der Waals surface area contributed by atoms with Crippen LogP contribution in [-0.4, -0.2) is 15.9 Å². The number of amides is 1. The molecule has 0 fully saturated rings. The average molecular weight is 479 g/mol. The number of hydrogen-bond acceptors (Lipinski definition) is 4. The van der Waals surface area contributed by atoms with Crippen molar-refractivity contribution in [1.82, 2.24) is 9.97 Å². The number of carbonyl (C=O) groups is 1. The molecular weight excluding hydrogens is 458 g/mol. The second kappa shape index (κ2) is 9.19. The van der Waals surface area contributed by atoms with Crippen molar-refractivity contribution in [2.75, 3.05) is 10.6 Å². The predicted octanol–water partition coefficient (Wildman–Crippen LogP) is 6.30. The van der Waals surface area contributed by atoms with E-state index in [1.165, 1.54) is 29.4 Å².